The molecule has 1 aromatic carbocycles. The second-order valence-electron chi connectivity index (χ2n) is 2.73. The van der Waals surface area contributed by atoms with E-state index in [1.807, 2.05) is 0 Å². The van der Waals surface area contributed by atoms with Crippen molar-refractivity contribution in [2.24, 2.45) is 0 Å². The highest BCUT2D eigenvalue weighted by Gasteiger charge is 2.10. The maximum atomic E-state index is 12.9. The number of aromatic nitrogens is 4. The van der Waals surface area contributed by atoms with Crippen LogP contribution in [-0.2, 0) is 0 Å². The molecule has 1 heterocycles. The van der Waals surface area contributed by atoms with E-state index in [1.54, 1.807) is 0 Å². The van der Waals surface area contributed by atoms with Crippen molar-refractivity contribution in [3.63, 3.8) is 0 Å². The van der Waals surface area contributed by atoms with E-state index in [9.17, 15) is 9.18 Å². The highest BCUT2D eigenvalue weighted by molar-refractivity contribution is 5.45. The maximum Gasteiger partial charge on any atom is 0.365 e. The van der Waals surface area contributed by atoms with Crippen LogP contribution < -0.4 is 10.4 Å². The molecule has 2 rings (SSSR count). The lowest BCUT2D eigenvalue weighted by atomic mass is 10.3. The van der Waals surface area contributed by atoms with E-state index in [0.717, 1.165) is 10.7 Å². The molecule has 0 aliphatic heterocycles. The van der Waals surface area contributed by atoms with E-state index in [0.29, 0.717) is 5.69 Å². The standard InChI is InChI=1S/C8H7FN4O2/c1-15-7-4-5(9)2-3-6(7)13-8(14)10-11-12-13/h2-4H,1H3,(H,10,12,14). The monoisotopic (exact) mass is 210 g/mol. The molecule has 0 atom stereocenters. The quantitative estimate of drug-likeness (QED) is 0.763. The number of tetrazole rings is 1. The van der Waals surface area contributed by atoms with Crippen LogP contribution in [0.25, 0.3) is 5.69 Å². The van der Waals surface area contributed by atoms with Crippen LogP contribution in [0.3, 0.4) is 0 Å². The highest BCUT2D eigenvalue weighted by atomic mass is 19.1. The predicted molar refractivity (Wildman–Crippen MR) is 48.5 cm³/mol. The topological polar surface area (TPSA) is 72.8 Å². The van der Waals surface area contributed by atoms with Crippen molar-refractivity contribution in [1.29, 1.82) is 0 Å². The molecule has 1 aromatic heterocycles. The van der Waals surface area contributed by atoms with Crippen molar-refractivity contribution in [3.8, 4) is 11.4 Å². The van der Waals surface area contributed by atoms with E-state index in [1.165, 1.54) is 19.2 Å². The van der Waals surface area contributed by atoms with Gasteiger partial charge in [0, 0.05) is 6.07 Å². The van der Waals surface area contributed by atoms with Gasteiger partial charge in [-0.15, -0.1) is 0 Å². The van der Waals surface area contributed by atoms with Crippen LogP contribution in [0, 0.1) is 5.82 Å². The Morgan fingerprint density at radius 3 is 2.93 bits per heavy atom. The average Bonchev–Trinajstić information content (AvgIpc) is 2.64. The molecule has 2 aromatic rings. The first-order chi connectivity index (χ1) is 7.22. The Bertz CT molecular complexity index is 533. The summed E-state index contributed by atoms with van der Waals surface area (Å²) in [6.45, 7) is 0. The summed E-state index contributed by atoms with van der Waals surface area (Å²) in [6, 6.07) is 3.76. The molecule has 0 amide bonds. The molecule has 15 heavy (non-hydrogen) atoms. The van der Waals surface area contributed by atoms with Crippen LogP contribution >= 0.6 is 0 Å². The Hall–Kier alpha value is -2.18. The lowest BCUT2D eigenvalue weighted by Gasteiger charge is -2.05. The average molecular weight is 210 g/mol. The Kier molecular flexibility index (Phi) is 2.20. The van der Waals surface area contributed by atoms with Gasteiger partial charge in [-0.25, -0.2) is 14.3 Å². The van der Waals surface area contributed by atoms with Crippen LogP contribution in [0.4, 0.5) is 4.39 Å². The number of methoxy groups -OCH3 is 1. The molecule has 0 bridgehead atoms. The minimum atomic E-state index is -0.514. The fourth-order valence-corrected chi connectivity index (χ4v) is 1.18. The van der Waals surface area contributed by atoms with E-state index < -0.39 is 11.5 Å². The van der Waals surface area contributed by atoms with Crippen molar-refractivity contribution in [2.45, 2.75) is 0 Å². The summed E-state index contributed by atoms with van der Waals surface area (Å²) in [4.78, 5) is 11.2. The van der Waals surface area contributed by atoms with E-state index in [-0.39, 0.29) is 5.75 Å². The number of aromatic amines is 1. The van der Waals surface area contributed by atoms with E-state index in [4.69, 9.17) is 4.74 Å². The number of nitrogens with one attached hydrogen (secondary N) is 1. The lowest BCUT2D eigenvalue weighted by Crippen LogP contribution is -2.16. The van der Waals surface area contributed by atoms with Gasteiger partial charge in [0.25, 0.3) is 0 Å². The summed E-state index contributed by atoms with van der Waals surface area (Å²) in [7, 11) is 1.38. The first-order valence-corrected chi connectivity index (χ1v) is 4.06. The number of benzene rings is 1. The molecular weight excluding hydrogens is 203 g/mol. The Morgan fingerprint density at radius 1 is 1.53 bits per heavy atom. The minimum Gasteiger partial charge on any atom is -0.494 e. The molecule has 0 unspecified atom stereocenters. The van der Waals surface area contributed by atoms with Crippen molar-refractivity contribution < 1.29 is 9.13 Å². The molecule has 7 heteroatoms. The minimum absolute atomic E-state index is 0.214. The first kappa shape index (κ1) is 9.38. The maximum absolute atomic E-state index is 12.9. The molecule has 0 aliphatic carbocycles. The van der Waals surface area contributed by atoms with Gasteiger partial charge >= 0.3 is 5.69 Å². The molecular formula is C8H7FN4O2. The molecule has 0 radical (unpaired) electrons. The summed E-state index contributed by atoms with van der Waals surface area (Å²) in [5.41, 5.74) is -0.183. The van der Waals surface area contributed by atoms with Crippen molar-refractivity contribution in [1.82, 2.24) is 20.2 Å². The fourth-order valence-electron chi connectivity index (χ4n) is 1.18. The van der Waals surface area contributed by atoms with Crippen molar-refractivity contribution in [3.05, 3.63) is 34.5 Å². The summed E-state index contributed by atoms with van der Waals surface area (Å²) in [5, 5.41) is 8.97. The molecule has 1 N–H and O–H groups in total. The molecule has 0 aliphatic rings. The lowest BCUT2D eigenvalue weighted by molar-refractivity contribution is 0.407. The number of H-pyrrole nitrogens is 1. The van der Waals surface area contributed by atoms with Crippen LogP contribution in [0.15, 0.2) is 23.0 Å². The number of nitrogens with zero attached hydrogens (tertiary/aromatic N) is 3. The zero-order chi connectivity index (χ0) is 10.8. The van der Waals surface area contributed by atoms with Gasteiger partial charge in [0.1, 0.15) is 17.3 Å². The summed E-state index contributed by atoms with van der Waals surface area (Å²) < 4.78 is 18.8. The van der Waals surface area contributed by atoms with Gasteiger partial charge < -0.3 is 4.74 Å². The van der Waals surface area contributed by atoms with E-state index in [2.05, 4.69) is 15.5 Å². The first-order valence-electron chi connectivity index (χ1n) is 4.06. The number of hydrogen-bond donors (Lipinski definition) is 1. The highest BCUT2D eigenvalue weighted by Crippen LogP contribution is 2.21. The summed E-state index contributed by atoms with van der Waals surface area (Å²) in [5.74, 6) is -0.238. The molecule has 6 nitrogen and oxygen atoms in total. The number of halogens is 1. The second kappa shape index (κ2) is 3.52. The van der Waals surface area contributed by atoms with E-state index >= 15 is 0 Å². The van der Waals surface area contributed by atoms with Crippen molar-refractivity contribution in [2.75, 3.05) is 7.11 Å². The zero-order valence-corrected chi connectivity index (χ0v) is 7.77. The molecule has 0 spiro atoms. The summed E-state index contributed by atoms with van der Waals surface area (Å²) in [6.07, 6.45) is 0. The third-order valence-corrected chi connectivity index (χ3v) is 1.84. The second-order valence-corrected chi connectivity index (χ2v) is 2.73. The predicted octanol–water partition coefficient (Wildman–Crippen LogP) is 0.103. The fraction of sp³-hybridized carbons (Fsp3) is 0.125. The van der Waals surface area contributed by atoms with Gasteiger partial charge in [0.15, 0.2) is 0 Å². The SMILES string of the molecule is COc1cc(F)ccc1-n1nn[nH]c1=O. The Balaban J connectivity index is 2.63. The number of ether oxygens (including phenoxy) is 1. The van der Waals surface area contributed by atoms with Crippen LogP contribution in [0.5, 0.6) is 5.75 Å². The summed E-state index contributed by atoms with van der Waals surface area (Å²) >= 11 is 0. The van der Waals surface area contributed by atoms with Gasteiger partial charge in [-0.1, -0.05) is 0 Å². The van der Waals surface area contributed by atoms with Gasteiger partial charge in [-0.2, -0.15) is 4.68 Å². The van der Waals surface area contributed by atoms with Gasteiger partial charge in [0.05, 0.1) is 7.11 Å². The number of hydrogen-bond acceptors (Lipinski definition) is 4. The smallest absolute Gasteiger partial charge is 0.365 e. The molecule has 0 fully saturated rings. The van der Waals surface area contributed by atoms with Crippen molar-refractivity contribution >= 4 is 0 Å². The zero-order valence-electron chi connectivity index (χ0n) is 7.77. The largest absolute Gasteiger partial charge is 0.494 e. The Morgan fingerprint density at radius 2 is 2.33 bits per heavy atom. The molecule has 78 valence electrons. The van der Waals surface area contributed by atoms with Crippen LogP contribution in [0.1, 0.15) is 0 Å². The third kappa shape index (κ3) is 1.58. The van der Waals surface area contributed by atoms with Gasteiger partial charge in [-0.05, 0) is 22.6 Å². The number of rotatable bonds is 2. The Labute approximate surface area is 83.3 Å². The molecule has 0 saturated carbocycles. The van der Waals surface area contributed by atoms with Gasteiger partial charge in [0.2, 0.25) is 0 Å². The van der Waals surface area contributed by atoms with Gasteiger partial charge in [-0.3, -0.25) is 0 Å². The normalized spacial score (nSPS) is 10.3. The third-order valence-electron chi connectivity index (χ3n) is 1.84. The van der Waals surface area contributed by atoms with Crippen LogP contribution in [0.2, 0.25) is 0 Å². The molecule has 0 saturated heterocycles. The van der Waals surface area contributed by atoms with Crippen LogP contribution in [-0.4, -0.2) is 27.3 Å².